The molecule has 2 aromatic heterocycles. The van der Waals surface area contributed by atoms with Crippen LogP contribution in [0.1, 0.15) is 83.2 Å². The molecule has 1 aliphatic rings. The van der Waals surface area contributed by atoms with Crippen molar-refractivity contribution < 1.29 is 36.6 Å². The molecular formula is C32H28F5N3O3. The summed E-state index contributed by atoms with van der Waals surface area (Å²) < 4.78 is 71.1. The van der Waals surface area contributed by atoms with Gasteiger partial charge in [0.25, 0.3) is 6.43 Å². The second-order valence-corrected chi connectivity index (χ2v) is 10.7. The molecule has 5 rings (SSSR count). The van der Waals surface area contributed by atoms with Gasteiger partial charge in [-0.3, -0.25) is 19.3 Å². The van der Waals surface area contributed by atoms with Crippen LogP contribution < -0.4 is 0 Å². The van der Waals surface area contributed by atoms with Crippen molar-refractivity contribution in [1.82, 2.24) is 14.8 Å². The summed E-state index contributed by atoms with van der Waals surface area (Å²) in [6, 6.07) is 10.3. The van der Waals surface area contributed by atoms with Crippen molar-refractivity contribution in [2.24, 2.45) is 0 Å². The highest BCUT2D eigenvalue weighted by Crippen LogP contribution is 2.37. The van der Waals surface area contributed by atoms with E-state index in [0.29, 0.717) is 36.1 Å². The highest BCUT2D eigenvalue weighted by Gasteiger charge is 2.32. The second-order valence-electron chi connectivity index (χ2n) is 10.7. The minimum absolute atomic E-state index is 0.0205. The molecule has 0 radical (unpaired) electrons. The highest BCUT2D eigenvalue weighted by atomic mass is 19.3. The van der Waals surface area contributed by atoms with Crippen molar-refractivity contribution in [3.05, 3.63) is 106 Å². The van der Waals surface area contributed by atoms with Crippen LogP contribution in [0.2, 0.25) is 0 Å². The van der Waals surface area contributed by atoms with Crippen molar-refractivity contribution in [1.29, 1.82) is 0 Å². The number of pyridine rings is 1. The van der Waals surface area contributed by atoms with Gasteiger partial charge in [0.05, 0.1) is 29.6 Å². The summed E-state index contributed by atoms with van der Waals surface area (Å²) in [6.45, 7) is 0.823. The fraction of sp³-hybridized carbons (Fsp3) is 0.312. The standard InChI is InChI=1S/C32H28F5N3O3/c1-17(41)26-14-19(7-8-27(26)35)24-5-3-9-38-29(24)20(10-18-11-21(33)15-22(34)12-18)13-23(42)16-40-31-25(4-2-6-28(31)43)30(39-40)32(36)37/h3,5,7-9,11-12,14-15,20,28,32,43H,2,4,6,10,13,16H2,1H3/t20-,28?/m1/s1. The zero-order chi connectivity index (χ0) is 30.8. The molecule has 1 N–H and O–H groups in total. The van der Waals surface area contributed by atoms with Gasteiger partial charge in [0.1, 0.15) is 23.1 Å². The van der Waals surface area contributed by atoms with Crippen molar-refractivity contribution >= 4 is 11.6 Å². The first-order valence-electron chi connectivity index (χ1n) is 13.8. The van der Waals surface area contributed by atoms with Gasteiger partial charge in [-0.25, -0.2) is 22.0 Å². The van der Waals surface area contributed by atoms with E-state index in [4.69, 9.17) is 0 Å². The van der Waals surface area contributed by atoms with Gasteiger partial charge < -0.3 is 5.11 Å². The van der Waals surface area contributed by atoms with Crippen molar-refractivity contribution in [3.8, 4) is 11.1 Å². The zero-order valence-electron chi connectivity index (χ0n) is 23.2. The number of Topliss-reactive ketones (excluding diaryl/α,β-unsaturated/α-hetero) is 2. The van der Waals surface area contributed by atoms with E-state index in [1.807, 2.05) is 0 Å². The third-order valence-corrected chi connectivity index (χ3v) is 7.64. The van der Waals surface area contributed by atoms with E-state index in [1.54, 1.807) is 12.1 Å². The fourth-order valence-electron chi connectivity index (χ4n) is 5.80. The predicted molar refractivity (Wildman–Crippen MR) is 147 cm³/mol. The van der Waals surface area contributed by atoms with Crippen LogP contribution >= 0.6 is 0 Å². The van der Waals surface area contributed by atoms with Gasteiger partial charge in [0.2, 0.25) is 0 Å². The van der Waals surface area contributed by atoms with Gasteiger partial charge in [0.15, 0.2) is 11.6 Å². The number of carbonyl (C=O) groups excluding carboxylic acids is 2. The van der Waals surface area contributed by atoms with Crippen LogP contribution in [0.5, 0.6) is 0 Å². The number of hydrogen-bond donors (Lipinski definition) is 1. The lowest BCUT2D eigenvalue weighted by Crippen LogP contribution is -2.21. The van der Waals surface area contributed by atoms with Gasteiger partial charge in [-0.05, 0) is 74.1 Å². The molecule has 224 valence electrons. The number of carbonyl (C=O) groups is 2. The fourth-order valence-corrected chi connectivity index (χ4v) is 5.80. The molecule has 11 heteroatoms. The molecule has 0 amide bonds. The number of fused-ring (bicyclic) bond motifs is 1. The Labute approximate surface area is 244 Å². The third kappa shape index (κ3) is 6.56. The van der Waals surface area contributed by atoms with Gasteiger partial charge in [-0.2, -0.15) is 5.10 Å². The summed E-state index contributed by atoms with van der Waals surface area (Å²) in [5.41, 5.74) is 1.38. The number of aliphatic hydroxyl groups is 1. The second kappa shape index (κ2) is 12.5. The molecule has 0 spiro atoms. The molecule has 0 saturated carbocycles. The van der Waals surface area contributed by atoms with E-state index in [2.05, 4.69) is 10.1 Å². The van der Waals surface area contributed by atoms with Crippen LogP contribution in [0, 0.1) is 17.5 Å². The lowest BCUT2D eigenvalue weighted by Gasteiger charge is -2.22. The average Bonchev–Trinajstić information content (AvgIpc) is 3.32. The van der Waals surface area contributed by atoms with Crippen LogP contribution in [0.15, 0.2) is 54.7 Å². The first-order chi connectivity index (χ1) is 20.5. The van der Waals surface area contributed by atoms with Gasteiger partial charge in [-0.1, -0.05) is 12.1 Å². The quantitative estimate of drug-likeness (QED) is 0.160. The SMILES string of the molecule is CC(=O)c1cc(-c2cccnc2[C@@H](CC(=O)Cn2nc(C(F)F)c3c2C(O)CCC3)Cc2cc(F)cc(F)c2)ccc1F. The zero-order valence-corrected chi connectivity index (χ0v) is 23.2. The molecule has 0 aliphatic heterocycles. The number of ketones is 2. The molecule has 2 heterocycles. The average molecular weight is 598 g/mol. The summed E-state index contributed by atoms with van der Waals surface area (Å²) in [7, 11) is 0. The maximum atomic E-state index is 14.3. The minimum atomic E-state index is -2.88. The van der Waals surface area contributed by atoms with Crippen LogP contribution in [-0.2, 0) is 24.2 Å². The minimum Gasteiger partial charge on any atom is -0.387 e. The molecular weight excluding hydrogens is 569 g/mol. The van der Waals surface area contributed by atoms with E-state index in [0.717, 1.165) is 28.9 Å². The first kappa shape index (κ1) is 30.2. The summed E-state index contributed by atoms with van der Waals surface area (Å²) in [5.74, 6) is -3.99. The molecule has 2 aromatic carbocycles. The smallest absolute Gasteiger partial charge is 0.282 e. The predicted octanol–water partition coefficient (Wildman–Crippen LogP) is 6.86. The maximum Gasteiger partial charge on any atom is 0.282 e. The van der Waals surface area contributed by atoms with E-state index in [9.17, 15) is 36.6 Å². The number of benzene rings is 2. The lowest BCUT2D eigenvalue weighted by molar-refractivity contribution is -0.120. The first-order valence-corrected chi connectivity index (χ1v) is 13.8. The van der Waals surface area contributed by atoms with Gasteiger partial charge in [0, 0.05) is 35.7 Å². The van der Waals surface area contributed by atoms with E-state index >= 15 is 0 Å². The maximum absolute atomic E-state index is 14.3. The number of aliphatic hydroxyl groups excluding tert-OH is 1. The number of nitrogens with zero attached hydrogens (tertiary/aromatic N) is 3. The molecule has 1 unspecified atom stereocenters. The van der Waals surface area contributed by atoms with Crippen LogP contribution in [0.25, 0.3) is 11.1 Å². The Morgan fingerprint density at radius 1 is 1.05 bits per heavy atom. The molecule has 0 fully saturated rings. The Balaban J connectivity index is 1.53. The molecule has 43 heavy (non-hydrogen) atoms. The number of alkyl halides is 2. The largest absolute Gasteiger partial charge is 0.387 e. The van der Waals surface area contributed by atoms with Crippen LogP contribution in [-0.4, -0.2) is 31.4 Å². The molecule has 1 aliphatic carbocycles. The van der Waals surface area contributed by atoms with Crippen LogP contribution in [0.4, 0.5) is 22.0 Å². The van der Waals surface area contributed by atoms with Crippen molar-refractivity contribution in [3.63, 3.8) is 0 Å². The Morgan fingerprint density at radius 3 is 2.49 bits per heavy atom. The third-order valence-electron chi connectivity index (χ3n) is 7.64. The summed E-state index contributed by atoms with van der Waals surface area (Å²) in [6.07, 6.45) is -1.52. The van der Waals surface area contributed by atoms with Crippen molar-refractivity contribution in [2.75, 3.05) is 0 Å². The number of rotatable bonds is 10. The topological polar surface area (TPSA) is 85.1 Å². The van der Waals surface area contributed by atoms with Gasteiger partial charge >= 0.3 is 0 Å². The molecule has 6 nitrogen and oxygen atoms in total. The van der Waals surface area contributed by atoms with Crippen LogP contribution in [0.3, 0.4) is 0 Å². The molecule has 0 saturated heterocycles. The summed E-state index contributed by atoms with van der Waals surface area (Å²) in [5, 5.41) is 14.5. The number of aromatic nitrogens is 3. The molecule has 4 aromatic rings. The summed E-state index contributed by atoms with van der Waals surface area (Å²) >= 11 is 0. The number of hydrogen-bond acceptors (Lipinski definition) is 5. The van der Waals surface area contributed by atoms with E-state index < -0.39 is 59.7 Å². The number of halogens is 5. The Bertz CT molecular complexity index is 1670. The monoisotopic (exact) mass is 597 g/mol. The normalized spacial score (nSPS) is 15.4. The summed E-state index contributed by atoms with van der Waals surface area (Å²) in [4.78, 5) is 30.0. The Hall–Kier alpha value is -4.25. The van der Waals surface area contributed by atoms with E-state index in [-0.39, 0.29) is 35.2 Å². The van der Waals surface area contributed by atoms with Gasteiger partial charge in [-0.15, -0.1) is 0 Å². The van der Waals surface area contributed by atoms with E-state index in [1.165, 1.54) is 25.3 Å². The Kier molecular flexibility index (Phi) is 8.82. The molecule has 0 bridgehead atoms. The van der Waals surface area contributed by atoms with Crippen molar-refractivity contribution in [2.45, 2.75) is 64.0 Å². The molecule has 2 atom stereocenters. The highest BCUT2D eigenvalue weighted by molar-refractivity contribution is 5.95. The lowest BCUT2D eigenvalue weighted by atomic mass is 9.86. The Morgan fingerprint density at radius 2 is 1.79 bits per heavy atom.